The van der Waals surface area contributed by atoms with Crippen molar-refractivity contribution in [3.05, 3.63) is 11.6 Å². The molecule has 0 aromatic carbocycles. The standard InChI is InChI=1S/C19H34N6.HI/c1-2-20-19(21-13-8-11-16-9-5-6-10-16)22-15-18-24-23-17-12-4-3-7-14-25(17)18;/h16H,2-15H2,1H3,(H2,20,21,22);1H. The zero-order valence-corrected chi connectivity index (χ0v) is 18.5. The Bertz CT molecular complexity index is 550. The van der Waals surface area contributed by atoms with E-state index in [1.165, 1.54) is 57.8 Å². The number of hydrogen-bond donors (Lipinski definition) is 2. The Hall–Kier alpha value is -0.860. The number of nitrogens with one attached hydrogen (secondary N) is 2. The van der Waals surface area contributed by atoms with Crippen molar-refractivity contribution in [3.8, 4) is 0 Å². The average molecular weight is 474 g/mol. The summed E-state index contributed by atoms with van der Waals surface area (Å²) in [5, 5.41) is 15.6. The van der Waals surface area contributed by atoms with Crippen LogP contribution in [-0.4, -0.2) is 33.8 Å². The molecule has 0 atom stereocenters. The molecule has 2 heterocycles. The van der Waals surface area contributed by atoms with Crippen LogP contribution in [0.2, 0.25) is 0 Å². The SMILES string of the molecule is CCNC(=NCc1nnc2n1CCCCC2)NCCCC1CCCC1.I. The van der Waals surface area contributed by atoms with Crippen LogP contribution in [0.4, 0.5) is 0 Å². The fraction of sp³-hybridized carbons (Fsp3) is 0.842. The third-order valence-electron chi connectivity index (χ3n) is 5.47. The van der Waals surface area contributed by atoms with E-state index in [4.69, 9.17) is 4.99 Å². The minimum atomic E-state index is 0. The molecule has 6 nitrogen and oxygen atoms in total. The van der Waals surface area contributed by atoms with E-state index >= 15 is 0 Å². The highest BCUT2D eigenvalue weighted by Gasteiger charge is 2.15. The van der Waals surface area contributed by atoms with Crippen molar-refractivity contribution < 1.29 is 0 Å². The Balaban J connectivity index is 0.00000243. The van der Waals surface area contributed by atoms with Crippen molar-refractivity contribution in [1.82, 2.24) is 25.4 Å². The molecule has 2 aliphatic rings. The molecule has 1 aliphatic carbocycles. The number of guanidine groups is 1. The lowest BCUT2D eigenvalue weighted by atomic mass is 10.0. The van der Waals surface area contributed by atoms with E-state index in [0.717, 1.165) is 49.6 Å². The maximum atomic E-state index is 4.74. The van der Waals surface area contributed by atoms with Gasteiger partial charge in [0.05, 0.1) is 0 Å². The van der Waals surface area contributed by atoms with Crippen LogP contribution in [-0.2, 0) is 19.5 Å². The number of halogens is 1. The van der Waals surface area contributed by atoms with E-state index in [-0.39, 0.29) is 24.0 Å². The summed E-state index contributed by atoms with van der Waals surface area (Å²) < 4.78 is 2.28. The normalized spacial score (nSPS) is 18.1. The maximum Gasteiger partial charge on any atom is 0.191 e. The first-order valence-corrected chi connectivity index (χ1v) is 10.3. The van der Waals surface area contributed by atoms with Crippen molar-refractivity contribution in [3.63, 3.8) is 0 Å². The molecule has 0 amide bonds. The van der Waals surface area contributed by atoms with Crippen LogP contribution in [0.1, 0.15) is 76.4 Å². The first kappa shape index (κ1) is 21.4. The number of aliphatic imine (C=N–C) groups is 1. The van der Waals surface area contributed by atoms with Gasteiger partial charge in [-0.25, -0.2) is 4.99 Å². The number of hydrogen-bond acceptors (Lipinski definition) is 3. The summed E-state index contributed by atoms with van der Waals surface area (Å²) in [4.78, 5) is 4.74. The number of rotatable bonds is 7. The fourth-order valence-electron chi connectivity index (χ4n) is 4.05. The molecule has 3 rings (SSSR count). The van der Waals surface area contributed by atoms with E-state index in [2.05, 4.69) is 32.3 Å². The molecular formula is C19H35IN6. The fourth-order valence-corrected chi connectivity index (χ4v) is 4.05. The van der Waals surface area contributed by atoms with Crippen molar-refractivity contribution in [2.75, 3.05) is 13.1 Å². The lowest BCUT2D eigenvalue weighted by Crippen LogP contribution is -2.37. The van der Waals surface area contributed by atoms with Gasteiger partial charge in [-0.15, -0.1) is 34.2 Å². The number of aromatic nitrogens is 3. The van der Waals surface area contributed by atoms with Crippen LogP contribution >= 0.6 is 24.0 Å². The Morgan fingerprint density at radius 3 is 2.77 bits per heavy atom. The Labute approximate surface area is 175 Å². The van der Waals surface area contributed by atoms with Gasteiger partial charge in [-0.3, -0.25) is 0 Å². The van der Waals surface area contributed by atoms with Crippen LogP contribution in [0, 0.1) is 5.92 Å². The summed E-state index contributed by atoms with van der Waals surface area (Å²) in [6.07, 6.45) is 13.1. The van der Waals surface area contributed by atoms with Crippen molar-refractivity contribution in [1.29, 1.82) is 0 Å². The first-order chi connectivity index (χ1) is 12.4. The van der Waals surface area contributed by atoms with Gasteiger partial charge in [0, 0.05) is 26.1 Å². The van der Waals surface area contributed by atoms with Gasteiger partial charge in [-0.05, 0) is 38.5 Å². The van der Waals surface area contributed by atoms with Gasteiger partial charge in [0.15, 0.2) is 11.8 Å². The molecule has 0 radical (unpaired) electrons. The summed E-state index contributed by atoms with van der Waals surface area (Å²) in [6, 6.07) is 0. The summed E-state index contributed by atoms with van der Waals surface area (Å²) in [5.41, 5.74) is 0. The van der Waals surface area contributed by atoms with Gasteiger partial charge >= 0.3 is 0 Å². The Kier molecular flexibility index (Phi) is 9.71. The highest BCUT2D eigenvalue weighted by atomic mass is 127. The second kappa shape index (κ2) is 11.8. The Morgan fingerprint density at radius 2 is 1.96 bits per heavy atom. The minimum Gasteiger partial charge on any atom is -0.357 e. The highest BCUT2D eigenvalue weighted by molar-refractivity contribution is 14.0. The van der Waals surface area contributed by atoms with E-state index in [0.29, 0.717) is 6.54 Å². The monoisotopic (exact) mass is 474 g/mol. The number of nitrogens with zero attached hydrogens (tertiary/aromatic N) is 4. The molecule has 1 aliphatic heterocycles. The zero-order chi connectivity index (χ0) is 17.3. The molecule has 1 aromatic rings. The number of aryl methyl sites for hydroxylation is 1. The second-order valence-corrected chi connectivity index (χ2v) is 7.41. The maximum absolute atomic E-state index is 4.74. The van der Waals surface area contributed by atoms with Crippen LogP contribution in [0.15, 0.2) is 4.99 Å². The lowest BCUT2D eigenvalue weighted by molar-refractivity contribution is 0.481. The average Bonchev–Trinajstić information content (AvgIpc) is 3.21. The van der Waals surface area contributed by atoms with E-state index in [1.54, 1.807) is 0 Å². The predicted molar refractivity (Wildman–Crippen MR) is 117 cm³/mol. The molecule has 7 heteroatoms. The molecule has 1 aromatic heterocycles. The number of fused-ring (bicyclic) bond motifs is 1. The van der Waals surface area contributed by atoms with Gasteiger partial charge < -0.3 is 15.2 Å². The smallest absolute Gasteiger partial charge is 0.191 e. The summed E-state index contributed by atoms with van der Waals surface area (Å²) in [6.45, 7) is 5.63. The highest BCUT2D eigenvalue weighted by Crippen LogP contribution is 2.28. The van der Waals surface area contributed by atoms with E-state index in [9.17, 15) is 0 Å². The molecular weight excluding hydrogens is 439 g/mol. The van der Waals surface area contributed by atoms with Crippen LogP contribution < -0.4 is 10.6 Å². The molecule has 0 unspecified atom stereocenters. The van der Waals surface area contributed by atoms with Gasteiger partial charge in [-0.1, -0.05) is 32.1 Å². The molecule has 1 fully saturated rings. The minimum absolute atomic E-state index is 0. The van der Waals surface area contributed by atoms with Crippen LogP contribution in [0.5, 0.6) is 0 Å². The van der Waals surface area contributed by atoms with E-state index < -0.39 is 0 Å². The third-order valence-corrected chi connectivity index (χ3v) is 5.47. The predicted octanol–water partition coefficient (Wildman–Crippen LogP) is 3.65. The summed E-state index contributed by atoms with van der Waals surface area (Å²) in [7, 11) is 0. The van der Waals surface area contributed by atoms with Crippen molar-refractivity contribution in [2.45, 2.75) is 84.2 Å². The largest absolute Gasteiger partial charge is 0.357 e. The van der Waals surface area contributed by atoms with Gasteiger partial charge in [0.1, 0.15) is 12.4 Å². The van der Waals surface area contributed by atoms with Gasteiger partial charge in [-0.2, -0.15) is 0 Å². The quantitative estimate of drug-likeness (QED) is 0.274. The summed E-state index contributed by atoms with van der Waals surface area (Å²) >= 11 is 0. The zero-order valence-electron chi connectivity index (χ0n) is 16.2. The third kappa shape index (κ3) is 6.39. The summed E-state index contributed by atoms with van der Waals surface area (Å²) in [5.74, 6) is 4.00. The van der Waals surface area contributed by atoms with Gasteiger partial charge in [0.2, 0.25) is 0 Å². The topological polar surface area (TPSA) is 67.1 Å². The molecule has 148 valence electrons. The molecule has 0 saturated heterocycles. The van der Waals surface area contributed by atoms with Crippen molar-refractivity contribution >= 4 is 29.9 Å². The lowest BCUT2D eigenvalue weighted by Gasteiger charge is -2.13. The van der Waals surface area contributed by atoms with Crippen LogP contribution in [0.25, 0.3) is 0 Å². The van der Waals surface area contributed by atoms with Crippen LogP contribution in [0.3, 0.4) is 0 Å². The molecule has 1 saturated carbocycles. The molecule has 2 N–H and O–H groups in total. The van der Waals surface area contributed by atoms with E-state index in [1.807, 2.05) is 0 Å². The van der Waals surface area contributed by atoms with Crippen molar-refractivity contribution in [2.24, 2.45) is 10.9 Å². The second-order valence-electron chi connectivity index (χ2n) is 7.41. The first-order valence-electron chi connectivity index (χ1n) is 10.3. The molecule has 0 spiro atoms. The van der Waals surface area contributed by atoms with Gasteiger partial charge in [0.25, 0.3) is 0 Å². The molecule has 0 bridgehead atoms. The Morgan fingerprint density at radius 1 is 1.12 bits per heavy atom. The molecule has 26 heavy (non-hydrogen) atoms.